The zero-order valence-electron chi connectivity index (χ0n) is 18.4. The second-order valence-electron chi connectivity index (χ2n) is 8.08. The molecule has 1 atom stereocenters. The zero-order valence-corrected chi connectivity index (χ0v) is 18.4. The first-order valence-corrected chi connectivity index (χ1v) is 10.8. The second kappa shape index (κ2) is 10.4. The highest BCUT2D eigenvalue weighted by atomic mass is 19.1. The molecule has 2 N–H and O–H groups in total. The summed E-state index contributed by atoms with van der Waals surface area (Å²) in [6.45, 7) is 0.983. The molecule has 0 aliphatic carbocycles. The van der Waals surface area contributed by atoms with E-state index in [9.17, 15) is 22.8 Å². The fraction of sp³-hybridized carbons (Fsp3) is 0.364. The lowest BCUT2D eigenvalue weighted by Crippen LogP contribution is -2.50. The van der Waals surface area contributed by atoms with E-state index in [0.717, 1.165) is 29.4 Å². The van der Waals surface area contributed by atoms with E-state index in [-0.39, 0.29) is 36.2 Å². The molecule has 10 nitrogen and oxygen atoms in total. The average Bonchev–Trinajstić information content (AvgIpc) is 3.29. The van der Waals surface area contributed by atoms with Crippen molar-refractivity contribution in [3.8, 4) is 6.07 Å². The van der Waals surface area contributed by atoms with Crippen LogP contribution in [0.3, 0.4) is 0 Å². The summed E-state index contributed by atoms with van der Waals surface area (Å²) in [5.74, 6) is -2.85. The van der Waals surface area contributed by atoms with Crippen molar-refractivity contribution in [3.63, 3.8) is 0 Å². The lowest BCUT2D eigenvalue weighted by Gasteiger charge is -2.37. The van der Waals surface area contributed by atoms with Crippen molar-refractivity contribution in [3.05, 3.63) is 53.1 Å². The number of nitriles is 1. The van der Waals surface area contributed by atoms with Gasteiger partial charge in [0.15, 0.2) is 11.5 Å². The van der Waals surface area contributed by atoms with Crippen LogP contribution in [0.1, 0.15) is 34.9 Å². The molecule has 1 aromatic heterocycles. The van der Waals surface area contributed by atoms with Crippen LogP contribution >= 0.6 is 0 Å². The van der Waals surface area contributed by atoms with Gasteiger partial charge in [-0.1, -0.05) is 0 Å². The molecule has 1 fully saturated rings. The van der Waals surface area contributed by atoms with Crippen molar-refractivity contribution >= 4 is 24.1 Å². The van der Waals surface area contributed by atoms with Gasteiger partial charge < -0.3 is 15.5 Å². The molecule has 2 aliphatic heterocycles. The van der Waals surface area contributed by atoms with E-state index in [2.05, 4.69) is 25.7 Å². The molecule has 0 spiro atoms. The Morgan fingerprint density at radius 3 is 2.60 bits per heavy atom. The Labute approximate surface area is 198 Å². The second-order valence-corrected chi connectivity index (χ2v) is 8.08. The Morgan fingerprint density at radius 1 is 1.14 bits per heavy atom. The van der Waals surface area contributed by atoms with Crippen LogP contribution in [0, 0.1) is 34.7 Å². The zero-order chi connectivity index (χ0) is 24.9. The van der Waals surface area contributed by atoms with Crippen molar-refractivity contribution < 1.29 is 22.8 Å². The van der Waals surface area contributed by atoms with Crippen LogP contribution in [-0.2, 0) is 0 Å². The highest BCUT2D eigenvalue weighted by molar-refractivity contribution is 5.93. The molecule has 1 saturated heterocycles. The summed E-state index contributed by atoms with van der Waals surface area (Å²) in [6, 6.07) is 3.88. The lowest BCUT2D eigenvalue weighted by molar-refractivity contribution is 0.0497. The molecule has 3 heterocycles. The molecule has 0 radical (unpaired) electrons. The first-order valence-electron chi connectivity index (χ1n) is 10.8. The van der Waals surface area contributed by atoms with E-state index < -0.39 is 35.4 Å². The Hall–Kier alpha value is -4.21. The third-order valence-electron chi connectivity index (χ3n) is 5.56. The number of hydrogen-bond donors (Lipinski definition) is 2. The van der Waals surface area contributed by atoms with Gasteiger partial charge in [-0.15, -0.1) is 0 Å². The van der Waals surface area contributed by atoms with Crippen LogP contribution in [0.2, 0.25) is 0 Å². The molecule has 2 aliphatic rings. The number of anilines is 1. The third-order valence-corrected chi connectivity index (χ3v) is 5.56. The van der Waals surface area contributed by atoms with Gasteiger partial charge in [-0.05, 0) is 17.7 Å². The number of nitrogens with one attached hydrogen (secondary N) is 2. The van der Waals surface area contributed by atoms with Crippen molar-refractivity contribution in [2.24, 2.45) is 11.0 Å². The third kappa shape index (κ3) is 5.48. The minimum Gasteiger partial charge on any atom is -0.352 e. The minimum absolute atomic E-state index is 0.00500. The molecule has 0 saturated carbocycles. The van der Waals surface area contributed by atoms with Crippen molar-refractivity contribution in [2.45, 2.75) is 18.9 Å². The fourth-order valence-corrected chi connectivity index (χ4v) is 3.82. The average molecular weight is 486 g/mol. The summed E-state index contributed by atoms with van der Waals surface area (Å²) in [5.41, 5.74) is -0.0927. The monoisotopic (exact) mass is 486 g/mol. The highest BCUT2D eigenvalue weighted by Crippen LogP contribution is 2.29. The smallest absolute Gasteiger partial charge is 0.338 e. The Balaban J connectivity index is 1.28. The minimum atomic E-state index is -0.857. The van der Waals surface area contributed by atoms with E-state index in [1.165, 1.54) is 11.1 Å². The van der Waals surface area contributed by atoms with Crippen LogP contribution < -0.4 is 10.6 Å². The maximum atomic E-state index is 14.1. The SMILES string of the molecule is N#CCC1CN(C(=O)c2nc(NCCNC(=O)N3N=CC[C@H]3c3cc(F)cc(F)c3)ncc2F)C1. The van der Waals surface area contributed by atoms with Gasteiger partial charge in [-0.2, -0.15) is 10.4 Å². The number of hydrogen-bond acceptors (Lipinski definition) is 7. The van der Waals surface area contributed by atoms with Gasteiger partial charge in [-0.25, -0.2) is 32.9 Å². The Bertz CT molecular complexity index is 1180. The normalized spacial score (nSPS) is 17.1. The van der Waals surface area contributed by atoms with Crippen LogP contribution in [0.25, 0.3) is 0 Å². The maximum Gasteiger partial charge on any atom is 0.338 e. The number of nitrogens with zero attached hydrogens (tertiary/aromatic N) is 6. The standard InChI is InChI=1S/C22H21F3N8O2/c23-15-7-14(8-16(24)9-15)18-2-4-30-33(18)22(35)28-6-5-27-21-29-10-17(25)19(31-21)20(34)32-11-13(12-32)1-3-26/h4,7-10,13,18H,1-2,5-6,11-12H2,(H,28,35)(H,27,29,31)/t18-/m0/s1. The van der Waals surface area contributed by atoms with E-state index in [4.69, 9.17) is 5.26 Å². The van der Waals surface area contributed by atoms with Crippen molar-refractivity contribution in [1.29, 1.82) is 5.26 Å². The number of urea groups is 1. The van der Waals surface area contributed by atoms with Gasteiger partial charge in [0, 0.05) is 57.2 Å². The number of hydrazone groups is 1. The van der Waals surface area contributed by atoms with Crippen LogP contribution in [-0.4, -0.2) is 64.2 Å². The largest absolute Gasteiger partial charge is 0.352 e. The summed E-state index contributed by atoms with van der Waals surface area (Å²) in [5, 5.41) is 19.2. The Morgan fingerprint density at radius 2 is 1.89 bits per heavy atom. The van der Waals surface area contributed by atoms with Gasteiger partial charge >= 0.3 is 6.03 Å². The number of carbonyl (C=O) groups excluding carboxylic acids is 2. The molecule has 182 valence electrons. The van der Waals surface area contributed by atoms with E-state index >= 15 is 0 Å². The van der Waals surface area contributed by atoms with Crippen LogP contribution in [0.15, 0.2) is 29.5 Å². The summed E-state index contributed by atoms with van der Waals surface area (Å²) in [6.07, 6.45) is 3.01. The highest BCUT2D eigenvalue weighted by Gasteiger charge is 2.33. The van der Waals surface area contributed by atoms with Gasteiger partial charge in [0.1, 0.15) is 11.6 Å². The summed E-state index contributed by atoms with van der Waals surface area (Å²) >= 11 is 0. The van der Waals surface area contributed by atoms with E-state index in [1.54, 1.807) is 0 Å². The number of amides is 3. The van der Waals surface area contributed by atoms with E-state index in [1.807, 2.05) is 6.07 Å². The molecular formula is C22H21F3N8O2. The maximum absolute atomic E-state index is 14.1. The number of aromatic nitrogens is 2. The van der Waals surface area contributed by atoms with Crippen LogP contribution in [0.4, 0.5) is 23.9 Å². The first-order chi connectivity index (χ1) is 16.9. The van der Waals surface area contributed by atoms with Gasteiger partial charge in [0.25, 0.3) is 5.91 Å². The molecule has 35 heavy (non-hydrogen) atoms. The Kier molecular flexibility index (Phi) is 7.09. The van der Waals surface area contributed by atoms with Gasteiger partial charge in [-0.3, -0.25) is 4.79 Å². The topological polar surface area (TPSA) is 127 Å². The summed E-state index contributed by atoms with van der Waals surface area (Å²) < 4.78 is 41.2. The molecule has 2 aromatic rings. The van der Waals surface area contributed by atoms with Crippen molar-refractivity contribution in [1.82, 2.24) is 25.2 Å². The molecular weight excluding hydrogens is 465 g/mol. The van der Waals surface area contributed by atoms with E-state index in [0.29, 0.717) is 25.9 Å². The molecule has 3 amide bonds. The van der Waals surface area contributed by atoms with Crippen LogP contribution in [0.5, 0.6) is 0 Å². The predicted molar refractivity (Wildman–Crippen MR) is 118 cm³/mol. The number of halogens is 3. The van der Waals surface area contributed by atoms with Crippen molar-refractivity contribution in [2.75, 3.05) is 31.5 Å². The number of benzene rings is 1. The quantitative estimate of drug-likeness (QED) is 0.579. The number of carbonyl (C=O) groups is 2. The summed E-state index contributed by atoms with van der Waals surface area (Å²) in [7, 11) is 0. The van der Waals surface area contributed by atoms with Gasteiger partial charge in [0.2, 0.25) is 5.95 Å². The molecule has 4 rings (SSSR count). The predicted octanol–water partition coefficient (Wildman–Crippen LogP) is 2.43. The molecule has 0 bridgehead atoms. The molecule has 0 unspecified atom stereocenters. The number of rotatable bonds is 7. The van der Waals surface area contributed by atoms with Gasteiger partial charge in [0.05, 0.1) is 18.3 Å². The lowest BCUT2D eigenvalue weighted by atomic mass is 9.97. The molecule has 1 aromatic carbocycles. The fourth-order valence-electron chi connectivity index (χ4n) is 3.82. The summed E-state index contributed by atoms with van der Waals surface area (Å²) in [4.78, 5) is 34.1. The first kappa shape index (κ1) is 23.9. The molecule has 13 heteroatoms. The number of likely N-dealkylation sites (tertiary alicyclic amines) is 1.